The number of thioether (sulfide) groups is 1. The van der Waals surface area contributed by atoms with Crippen LogP contribution in [0.1, 0.15) is 12.0 Å². The van der Waals surface area contributed by atoms with Crippen LogP contribution in [0.15, 0.2) is 34.8 Å². The number of halogens is 3. The van der Waals surface area contributed by atoms with Crippen molar-refractivity contribution >= 4 is 39.0 Å². The van der Waals surface area contributed by atoms with Crippen LogP contribution < -0.4 is 5.73 Å². The van der Waals surface area contributed by atoms with Crippen molar-refractivity contribution in [3.63, 3.8) is 0 Å². The smallest absolute Gasteiger partial charge is 0.397 e. The number of pyridine rings is 2. The molecule has 3 heterocycles. The van der Waals surface area contributed by atoms with Gasteiger partial charge in [0.05, 0.1) is 21.2 Å². The van der Waals surface area contributed by atoms with Crippen LogP contribution in [-0.4, -0.2) is 29.4 Å². The second-order valence-electron chi connectivity index (χ2n) is 5.47. The fourth-order valence-corrected chi connectivity index (χ4v) is 4.74. The standard InChI is InChI=1S/C17H16F3N3OS2/c1-24-6-3-7-25-16-14(21)13-11(17(18,19)20)8-12(23-15(13)26-16)10-4-2-5-22-9-10/h2,4-5,8-9H,3,6-7,21H2,1H3. The second-order valence-corrected chi connectivity index (χ2v) is 7.84. The van der Waals surface area contributed by atoms with E-state index in [1.165, 1.54) is 29.3 Å². The Morgan fingerprint density at radius 2 is 2.15 bits per heavy atom. The van der Waals surface area contributed by atoms with Crippen LogP contribution in [0, 0.1) is 0 Å². The molecule has 0 radical (unpaired) electrons. The lowest BCUT2D eigenvalue weighted by Gasteiger charge is -2.11. The van der Waals surface area contributed by atoms with E-state index in [1.807, 2.05) is 0 Å². The van der Waals surface area contributed by atoms with E-state index in [0.29, 0.717) is 22.1 Å². The van der Waals surface area contributed by atoms with Crippen LogP contribution in [0.25, 0.3) is 21.5 Å². The predicted molar refractivity (Wildman–Crippen MR) is 99.5 cm³/mol. The van der Waals surface area contributed by atoms with Crippen molar-refractivity contribution in [2.45, 2.75) is 16.8 Å². The lowest BCUT2D eigenvalue weighted by Crippen LogP contribution is -2.07. The van der Waals surface area contributed by atoms with E-state index in [9.17, 15) is 13.2 Å². The summed E-state index contributed by atoms with van der Waals surface area (Å²) in [5.74, 6) is 0.710. The Kier molecular flexibility index (Phi) is 5.69. The Balaban J connectivity index is 2.09. The number of alkyl halides is 3. The molecule has 26 heavy (non-hydrogen) atoms. The Bertz CT molecular complexity index is 898. The average molecular weight is 399 g/mol. The van der Waals surface area contributed by atoms with Gasteiger partial charge in [-0.3, -0.25) is 4.98 Å². The third-order valence-corrected chi connectivity index (χ3v) is 6.13. The first-order valence-corrected chi connectivity index (χ1v) is 9.54. The number of methoxy groups -OCH3 is 1. The summed E-state index contributed by atoms with van der Waals surface area (Å²) >= 11 is 2.61. The Hall–Kier alpha value is -1.84. The number of hydrogen-bond donors (Lipinski definition) is 1. The third kappa shape index (κ3) is 3.94. The molecule has 0 aliphatic carbocycles. The number of rotatable bonds is 6. The van der Waals surface area contributed by atoms with Gasteiger partial charge in [0, 0.05) is 42.8 Å². The van der Waals surface area contributed by atoms with Crippen molar-refractivity contribution in [1.82, 2.24) is 9.97 Å². The van der Waals surface area contributed by atoms with Gasteiger partial charge in [-0.1, -0.05) is 0 Å². The molecule has 3 aromatic heterocycles. The van der Waals surface area contributed by atoms with Crippen LogP contribution in [0.5, 0.6) is 0 Å². The molecule has 3 rings (SSSR count). The summed E-state index contributed by atoms with van der Waals surface area (Å²) in [6, 6.07) is 4.38. The van der Waals surface area contributed by atoms with Gasteiger partial charge >= 0.3 is 6.18 Å². The molecule has 0 spiro atoms. The second kappa shape index (κ2) is 7.81. The van der Waals surface area contributed by atoms with Crippen LogP contribution >= 0.6 is 23.1 Å². The first-order valence-electron chi connectivity index (χ1n) is 7.74. The van der Waals surface area contributed by atoms with Crippen molar-refractivity contribution in [2.75, 3.05) is 25.2 Å². The molecule has 9 heteroatoms. The molecular formula is C17H16F3N3OS2. The molecule has 0 saturated carbocycles. The quantitative estimate of drug-likeness (QED) is 0.462. The molecule has 0 unspecified atom stereocenters. The van der Waals surface area contributed by atoms with E-state index in [-0.39, 0.29) is 21.6 Å². The fourth-order valence-electron chi connectivity index (χ4n) is 2.46. The summed E-state index contributed by atoms with van der Waals surface area (Å²) in [6.07, 6.45) is -0.684. The Labute approximate surface area is 156 Å². The summed E-state index contributed by atoms with van der Waals surface area (Å²) in [4.78, 5) is 8.64. The maximum atomic E-state index is 13.6. The molecule has 0 fully saturated rings. The number of aromatic nitrogens is 2. The fraction of sp³-hybridized carbons (Fsp3) is 0.294. The average Bonchev–Trinajstić information content (AvgIpc) is 2.94. The largest absolute Gasteiger partial charge is 0.417 e. The normalized spacial score (nSPS) is 12.0. The van der Waals surface area contributed by atoms with Crippen molar-refractivity contribution in [1.29, 1.82) is 0 Å². The first-order chi connectivity index (χ1) is 12.4. The number of hydrogen-bond acceptors (Lipinski definition) is 6. The minimum absolute atomic E-state index is 0.0237. The molecular weight excluding hydrogens is 383 g/mol. The van der Waals surface area contributed by atoms with Gasteiger partial charge in [0.15, 0.2) is 0 Å². The van der Waals surface area contributed by atoms with E-state index < -0.39 is 11.7 Å². The van der Waals surface area contributed by atoms with Gasteiger partial charge in [-0.05, 0) is 24.6 Å². The highest BCUT2D eigenvalue weighted by Gasteiger charge is 2.35. The number of ether oxygens (including phenoxy) is 1. The van der Waals surface area contributed by atoms with E-state index >= 15 is 0 Å². The summed E-state index contributed by atoms with van der Waals surface area (Å²) in [7, 11) is 1.61. The number of anilines is 1. The number of nitrogen functional groups attached to an aromatic ring is 1. The molecule has 0 saturated heterocycles. The van der Waals surface area contributed by atoms with E-state index in [2.05, 4.69) is 9.97 Å². The highest BCUT2D eigenvalue weighted by molar-refractivity contribution is 8.01. The minimum Gasteiger partial charge on any atom is -0.397 e. The SMILES string of the molecule is COCCCSc1sc2nc(-c3cccnc3)cc(C(F)(F)F)c2c1N. The van der Waals surface area contributed by atoms with Gasteiger partial charge in [-0.2, -0.15) is 13.2 Å². The molecule has 0 amide bonds. The molecule has 0 aromatic carbocycles. The van der Waals surface area contributed by atoms with E-state index in [0.717, 1.165) is 12.5 Å². The molecule has 0 bridgehead atoms. The number of nitrogens with zero attached hydrogens (tertiary/aromatic N) is 2. The van der Waals surface area contributed by atoms with Gasteiger partial charge < -0.3 is 10.5 Å². The molecule has 2 N–H and O–H groups in total. The van der Waals surface area contributed by atoms with Gasteiger partial charge in [0.1, 0.15) is 4.83 Å². The zero-order valence-corrected chi connectivity index (χ0v) is 15.5. The predicted octanol–water partition coefficient (Wildman–Crippen LogP) is 5.09. The molecule has 0 aliphatic heterocycles. The molecule has 0 atom stereocenters. The zero-order valence-electron chi connectivity index (χ0n) is 13.8. The minimum atomic E-state index is -4.52. The van der Waals surface area contributed by atoms with Gasteiger partial charge in [-0.25, -0.2) is 4.98 Å². The monoisotopic (exact) mass is 399 g/mol. The molecule has 3 aromatic rings. The summed E-state index contributed by atoms with van der Waals surface area (Å²) in [5, 5.41) is -0.0237. The first kappa shape index (κ1) is 18.9. The van der Waals surface area contributed by atoms with Gasteiger partial charge in [-0.15, -0.1) is 23.1 Å². The van der Waals surface area contributed by atoms with Crippen molar-refractivity contribution in [3.05, 3.63) is 36.2 Å². The maximum absolute atomic E-state index is 13.6. The van der Waals surface area contributed by atoms with E-state index in [4.69, 9.17) is 10.5 Å². The highest BCUT2D eigenvalue weighted by atomic mass is 32.2. The lowest BCUT2D eigenvalue weighted by molar-refractivity contribution is -0.136. The van der Waals surface area contributed by atoms with Gasteiger partial charge in [0.25, 0.3) is 0 Å². The molecule has 0 aliphatic rings. The number of nitrogens with two attached hydrogens (primary N) is 1. The van der Waals surface area contributed by atoms with Crippen LogP contribution in [0.3, 0.4) is 0 Å². The topological polar surface area (TPSA) is 61.0 Å². The van der Waals surface area contributed by atoms with Crippen LogP contribution in [0.4, 0.5) is 18.9 Å². The third-order valence-electron chi connectivity index (χ3n) is 3.65. The summed E-state index contributed by atoms with van der Waals surface area (Å²) in [6.45, 7) is 0.592. The van der Waals surface area contributed by atoms with Crippen molar-refractivity contribution in [2.24, 2.45) is 0 Å². The Morgan fingerprint density at radius 1 is 1.35 bits per heavy atom. The number of fused-ring (bicyclic) bond motifs is 1. The van der Waals surface area contributed by atoms with Crippen LogP contribution in [-0.2, 0) is 10.9 Å². The summed E-state index contributed by atoms with van der Waals surface area (Å²) in [5.41, 5.74) is 6.18. The maximum Gasteiger partial charge on any atom is 0.417 e. The number of thiophene rings is 1. The van der Waals surface area contributed by atoms with Crippen LogP contribution in [0.2, 0.25) is 0 Å². The lowest BCUT2D eigenvalue weighted by atomic mass is 10.1. The van der Waals surface area contributed by atoms with Crippen molar-refractivity contribution in [3.8, 4) is 11.3 Å². The zero-order chi connectivity index (χ0) is 18.7. The van der Waals surface area contributed by atoms with E-state index in [1.54, 1.807) is 25.4 Å². The Morgan fingerprint density at radius 3 is 2.81 bits per heavy atom. The van der Waals surface area contributed by atoms with Crippen molar-refractivity contribution < 1.29 is 17.9 Å². The van der Waals surface area contributed by atoms with Gasteiger partial charge in [0.2, 0.25) is 0 Å². The molecule has 4 nitrogen and oxygen atoms in total. The summed E-state index contributed by atoms with van der Waals surface area (Å²) < 4.78 is 46.6. The molecule has 138 valence electrons. The highest BCUT2D eigenvalue weighted by Crippen LogP contribution is 2.46.